The van der Waals surface area contributed by atoms with Crippen molar-refractivity contribution in [3.8, 4) is 0 Å². The number of halogens is 4. The molecule has 9 rings (SSSR count). The number of esters is 1. The average Bonchev–Trinajstić information content (AvgIpc) is 3.65. The predicted molar refractivity (Wildman–Crippen MR) is 264 cm³/mol. The molecule has 4 aromatic carbocycles. The zero-order valence-corrected chi connectivity index (χ0v) is 56.8. The van der Waals surface area contributed by atoms with E-state index in [2.05, 4.69) is 44.1 Å². The van der Waals surface area contributed by atoms with Crippen LogP contribution >= 0.6 is 0 Å². The average molecular weight is 1330 g/mol. The van der Waals surface area contributed by atoms with Crippen LogP contribution in [0.1, 0.15) is 97.3 Å². The number of hydrogen-bond donors (Lipinski definition) is 7. The van der Waals surface area contributed by atoms with Crippen molar-refractivity contribution in [2.45, 2.75) is 85.3 Å². The molecule has 4 aromatic heterocycles. The van der Waals surface area contributed by atoms with Gasteiger partial charge >= 0.3 is 162 Å². The second-order valence-corrected chi connectivity index (χ2v) is 18.6. The monoisotopic (exact) mass is 1330 g/mol. The standard InChI is InChI=1S/2C12H13FN2O3.C12H11FN2O2.C9H7FN2O2.C4H8O.CH2O3.2Cs/c2*1-12(2,18)6-15-9-5-7(13)3-4-8(9)10(14-15)11(16)17;1-7(2)6-15-10-5-8(13)3-4-9(10)11(14-15)12(16)17;1-14-9(13)8-6-3-2-5(10)4-7(6)11-12-8;1-4(2)3-5-4;2-1(3)4;;/h2*3-5,18H,6H2,1-2H3,(H,16,17);3-6H,1-2H3,(H,16,17);2-4H,1H3,(H,11,12);3H2,1-2H3;(H2,2,3,4);;/q;;;;;;2*+1/p-1. The number of aliphatic hydroxyl groups is 2. The van der Waals surface area contributed by atoms with E-state index in [4.69, 9.17) is 35.1 Å². The summed E-state index contributed by atoms with van der Waals surface area (Å²) in [7, 11) is 1.27. The smallest absolute Gasteiger partial charge is 0.565 e. The first-order chi connectivity index (χ1) is 35.2. The molecule has 7 N–H and O–H groups in total. The number of nitrogens with zero attached hydrogens (tertiary/aromatic N) is 7. The van der Waals surface area contributed by atoms with Crippen LogP contribution < -0.4 is 143 Å². The van der Waals surface area contributed by atoms with Gasteiger partial charge in [-0.3, -0.25) is 14.5 Å². The van der Waals surface area contributed by atoms with Crippen molar-refractivity contribution in [1.29, 1.82) is 0 Å². The van der Waals surface area contributed by atoms with Crippen molar-refractivity contribution in [3.63, 3.8) is 0 Å². The molecule has 5 heterocycles. The number of allylic oxidation sites excluding steroid dienone is 1. The van der Waals surface area contributed by atoms with Gasteiger partial charge in [-0.25, -0.2) is 41.4 Å². The Bertz CT molecular complexity index is 3350. The molecule has 1 saturated heterocycles. The van der Waals surface area contributed by atoms with Gasteiger partial charge in [0.1, 0.15) is 23.3 Å². The maximum atomic E-state index is 13.2. The summed E-state index contributed by atoms with van der Waals surface area (Å²) in [6.45, 7) is 15.3. The summed E-state index contributed by atoms with van der Waals surface area (Å²) >= 11 is 0. The number of fused-ring (bicyclic) bond motifs is 4. The molecule has 406 valence electrons. The van der Waals surface area contributed by atoms with Gasteiger partial charge in [-0.1, -0.05) is 5.57 Å². The summed E-state index contributed by atoms with van der Waals surface area (Å²) in [5.41, 5.74) is 0.499. The number of epoxide rings is 1. The minimum Gasteiger partial charge on any atom is -0.565 e. The largest absolute Gasteiger partial charge is 1.00 e. The first kappa shape index (κ1) is 69.5. The van der Waals surface area contributed by atoms with E-state index in [1.165, 1.54) is 94.0 Å². The maximum Gasteiger partial charge on any atom is 1.00 e. The van der Waals surface area contributed by atoms with Gasteiger partial charge < -0.3 is 50.0 Å². The van der Waals surface area contributed by atoms with Gasteiger partial charge in [-0.15, -0.1) is 0 Å². The van der Waals surface area contributed by atoms with Crippen LogP contribution in [0, 0.1) is 23.3 Å². The van der Waals surface area contributed by atoms with Crippen LogP contribution in [-0.4, -0.2) is 131 Å². The third kappa shape index (κ3) is 21.1. The first-order valence-corrected chi connectivity index (χ1v) is 22.3. The number of methoxy groups -OCH3 is 1. The molecule has 1 fully saturated rings. The number of carbonyl (C=O) groups excluding carboxylic acids is 1. The van der Waals surface area contributed by atoms with Crippen LogP contribution in [0.2, 0.25) is 0 Å². The van der Waals surface area contributed by atoms with E-state index < -0.39 is 58.7 Å². The Hall–Kier alpha value is -4.65. The predicted octanol–water partition coefficient (Wildman–Crippen LogP) is 1.22. The van der Waals surface area contributed by atoms with E-state index >= 15 is 0 Å². The van der Waals surface area contributed by atoms with Crippen molar-refractivity contribution in [3.05, 3.63) is 124 Å². The number of rotatable bonds is 9. The molecule has 8 aromatic rings. The summed E-state index contributed by atoms with van der Waals surface area (Å²) in [4.78, 5) is 52.7. The Morgan fingerprint density at radius 1 is 0.654 bits per heavy atom. The summed E-state index contributed by atoms with van der Waals surface area (Å²) < 4.78 is 65.8. The number of H-pyrrole nitrogens is 1. The van der Waals surface area contributed by atoms with E-state index in [1.54, 1.807) is 33.9 Å². The number of aromatic nitrogens is 8. The number of carboxylic acids is 3. The molecule has 0 radical (unpaired) electrons. The Kier molecular flexibility index (Phi) is 26.5. The second-order valence-electron chi connectivity index (χ2n) is 18.6. The number of carboxylic acid groups (broad SMARTS) is 5. The molecule has 78 heavy (non-hydrogen) atoms. The number of nitrogens with one attached hydrogen (secondary N) is 1. The number of hydrogen-bond acceptors (Lipinski definition) is 14. The molecular formula is C50H53Cs2F4N8O14+. The Labute approximate surface area is 559 Å². The SMILES string of the molecule is CC(C)(O)Cn1nc(C(=O)O)c2ccc(F)cc21.CC(C)(O)Cn1nc(C(=O)O)c2ccc(F)cc21.CC(C)=Cn1nc(C(=O)O)c2ccc(F)cc21.CC1(C)CO1.COC(=O)c1n[nH]c2cc(F)ccc12.O=C([O-])O.[Cs+].[Cs+]. The molecular weight excluding hydrogens is 1280 g/mol. The Morgan fingerprint density at radius 2 is 0.987 bits per heavy atom. The molecule has 1 aliphatic heterocycles. The fourth-order valence-corrected chi connectivity index (χ4v) is 6.58. The third-order valence-electron chi connectivity index (χ3n) is 9.78. The summed E-state index contributed by atoms with van der Waals surface area (Å²) in [5, 5.41) is 81.6. The van der Waals surface area contributed by atoms with Crippen molar-refractivity contribution in [2.24, 2.45) is 0 Å². The van der Waals surface area contributed by atoms with Gasteiger partial charge in [0.2, 0.25) is 6.16 Å². The zero-order chi connectivity index (χ0) is 57.2. The van der Waals surface area contributed by atoms with Gasteiger partial charge in [0.25, 0.3) is 0 Å². The molecule has 0 atom stereocenters. The third-order valence-corrected chi connectivity index (χ3v) is 9.78. The van der Waals surface area contributed by atoms with E-state index in [0.29, 0.717) is 43.6 Å². The van der Waals surface area contributed by atoms with Crippen LogP contribution in [-0.2, 0) is 22.6 Å². The van der Waals surface area contributed by atoms with Gasteiger partial charge in [0, 0.05) is 33.8 Å². The normalized spacial score (nSPS) is 11.9. The van der Waals surface area contributed by atoms with Crippen molar-refractivity contribution in [2.75, 3.05) is 13.7 Å². The minimum atomic E-state index is -2.08. The number of carbonyl (C=O) groups is 5. The van der Waals surface area contributed by atoms with E-state index in [0.717, 1.165) is 12.2 Å². The Balaban J connectivity index is 0.000000335. The molecule has 0 amide bonds. The number of benzene rings is 4. The molecule has 0 spiro atoms. The summed E-state index contributed by atoms with van der Waals surface area (Å²) in [5.74, 6) is -5.77. The number of aromatic amines is 1. The fraction of sp³-hybridized carbons (Fsp3) is 0.300. The van der Waals surface area contributed by atoms with Crippen LogP contribution in [0.4, 0.5) is 22.4 Å². The number of ether oxygens (including phenoxy) is 2. The summed E-state index contributed by atoms with van der Waals surface area (Å²) in [6.07, 6.45) is -0.422. The van der Waals surface area contributed by atoms with Crippen LogP contribution in [0.3, 0.4) is 0 Å². The fourth-order valence-electron chi connectivity index (χ4n) is 6.58. The van der Waals surface area contributed by atoms with Crippen LogP contribution in [0.5, 0.6) is 0 Å². The zero-order valence-electron chi connectivity index (χ0n) is 44.2. The quantitative estimate of drug-likeness (QED) is 0.0607. The molecule has 0 unspecified atom stereocenters. The van der Waals surface area contributed by atoms with Gasteiger partial charge in [0.05, 0.1) is 65.7 Å². The minimum absolute atomic E-state index is 0. The Morgan fingerprint density at radius 3 is 1.32 bits per heavy atom. The molecule has 0 bridgehead atoms. The second kappa shape index (κ2) is 29.7. The van der Waals surface area contributed by atoms with Crippen molar-refractivity contribution >= 4 is 79.8 Å². The van der Waals surface area contributed by atoms with Crippen molar-refractivity contribution < 1.29 is 225 Å². The van der Waals surface area contributed by atoms with E-state index in [9.17, 15) is 47.0 Å². The maximum absolute atomic E-state index is 13.2. The van der Waals surface area contributed by atoms with Crippen LogP contribution in [0.15, 0.2) is 78.4 Å². The molecule has 22 nitrogen and oxygen atoms in total. The number of aromatic carboxylic acids is 3. The molecule has 0 saturated carbocycles. The van der Waals surface area contributed by atoms with Gasteiger partial charge in [-0.2, -0.15) is 20.4 Å². The van der Waals surface area contributed by atoms with Crippen LogP contribution in [0.25, 0.3) is 49.8 Å². The topological polar surface area (TPSA) is 334 Å². The molecule has 1 aliphatic rings. The van der Waals surface area contributed by atoms with Gasteiger partial charge in [-0.05, 0) is 122 Å². The van der Waals surface area contributed by atoms with Gasteiger partial charge in [0.15, 0.2) is 22.8 Å². The van der Waals surface area contributed by atoms with E-state index in [-0.39, 0.29) is 185 Å². The summed E-state index contributed by atoms with van der Waals surface area (Å²) in [6, 6.07) is 15.5. The molecule has 28 heteroatoms. The molecule has 0 aliphatic carbocycles. The van der Waals surface area contributed by atoms with Crippen molar-refractivity contribution in [1.82, 2.24) is 39.5 Å². The van der Waals surface area contributed by atoms with E-state index in [1.807, 2.05) is 13.8 Å². The first-order valence-electron chi connectivity index (χ1n) is 22.3.